The first-order valence-corrected chi connectivity index (χ1v) is 2.42. The number of hydrogen-bond donors (Lipinski definition) is 0. The molecule has 0 unspecified atom stereocenters. The van der Waals surface area contributed by atoms with Crippen molar-refractivity contribution >= 4 is 11.3 Å². The van der Waals surface area contributed by atoms with Crippen molar-refractivity contribution in [2.75, 3.05) is 0 Å². The molecule has 3 radical (unpaired) electrons. The molecule has 1 aromatic heterocycles. The molecule has 1 rings (SSSR count). The van der Waals surface area contributed by atoms with Crippen LogP contribution in [0.3, 0.4) is 0 Å². The first-order chi connectivity index (χ1) is 2.89. The van der Waals surface area contributed by atoms with E-state index in [2.05, 4.69) is 16.7 Å². The van der Waals surface area contributed by atoms with E-state index >= 15 is 0 Å². The molecule has 0 saturated carbocycles. The topological polar surface area (TPSA) is 12.9 Å². The van der Waals surface area contributed by atoms with Gasteiger partial charge in [-0.1, -0.05) is 6.92 Å². The standard InChI is InChI=1S/C4H3NS.3Y/c1-4-2-5-3-6-4;;;/h1H3;;;/q-2;;;. The molecule has 5 heteroatoms. The molecule has 0 aliphatic heterocycles. The van der Waals surface area contributed by atoms with Gasteiger partial charge in [-0.25, -0.2) is 4.88 Å². The first-order valence-electron chi connectivity index (χ1n) is 1.61. The van der Waals surface area contributed by atoms with Crippen LogP contribution >= 0.6 is 11.3 Å². The fourth-order valence-corrected chi connectivity index (χ4v) is 0.535. The predicted octanol–water partition coefficient (Wildman–Crippen LogP) is 1.04. The van der Waals surface area contributed by atoms with Gasteiger partial charge in [-0.3, -0.25) is 0 Å². The minimum atomic E-state index is 0. The van der Waals surface area contributed by atoms with Crippen molar-refractivity contribution in [2.45, 2.75) is 6.92 Å². The summed E-state index contributed by atoms with van der Waals surface area (Å²) in [6.45, 7) is 1.95. The summed E-state index contributed by atoms with van der Waals surface area (Å²) >= 11 is 1.49. The van der Waals surface area contributed by atoms with Crippen LogP contribution in [0.25, 0.3) is 0 Å². The Hall–Kier alpha value is 2.94. The minimum absolute atomic E-state index is 0. The minimum Gasteiger partial charge on any atom is -0.665 e. The maximum absolute atomic E-state index is 3.59. The van der Waals surface area contributed by atoms with E-state index in [9.17, 15) is 0 Å². The third kappa shape index (κ3) is 8.85. The second kappa shape index (κ2) is 10.9. The van der Waals surface area contributed by atoms with Crippen LogP contribution < -0.4 is 0 Å². The SMILES string of the molecule is Cc1[c-]n[c-]s1.[Y].[Y].[Y]. The molecule has 1 heterocycles. The second-order valence-electron chi connectivity index (χ2n) is 0.973. The molecular weight excluding hydrogens is 361 g/mol. The zero-order valence-electron chi connectivity index (χ0n) is 5.09. The van der Waals surface area contributed by atoms with Crippen LogP contribution in [0.15, 0.2) is 0 Å². The molecule has 0 bridgehead atoms. The van der Waals surface area contributed by atoms with Gasteiger partial charge >= 0.3 is 0 Å². The molecule has 0 aromatic carbocycles. The average Bonchev–Trinajstić information content (AvgIpc) is 1.86. The summed E-state index contributed by atoms with van der Waals surface area (Å²) in [6, 6.07) is 0. The Labute approximate surface area is 135 Å². The van der Waals surface area contributed by atoms with E-state index in [0.717, 1.165) is 4.88 Å². The largest absolute Gasteiger partial charge is 0.665 e. The normalized spacial score (nSPS) is 5.89. The number of aromatic nitrogens is 1. The van der Waals surface area contributed by atoms with Gasteiger partial charge in [-0.15, -0.1) is 0 Å². The molecule has 0 spiro atoms. The van der Waals surface area contributed by atoms with Gasteiger partial charge in [-0.2, -0.15) is 0 Å². The Morgan fingerprint density at radius 1 is 1.33 bits per heavy atom. The number of rotatable bonds is 0. The Morgan fingerprint density at radius 3 is 2.00 bits per heavy atom. The summed E-state index contributed by atoms with van der Waals surface area (Å²) in [5.74, 6) is 0. The second-order valence-corrected chi connectivity index (χ2v) is 1.97. The predicted molar refractivity (Wildman–Crippen MR) is 24.5 cm³/mol. The summed E-state index contributed by atoms with van der Waals surface area (Å²) in [7, 11) is 0. The zero-order valence-corrected chi connectivity index (χ0v) is 14.4. The van der Waals surface area contributed by atoms with Crippen molar-refractivity contribution in [3.05, 3.63) is 16.6 Å². The van der Waals surface area contributed by atoms with Crippen LogP contribution in [0.4, 0.5) is 0 Å². The van der Waals surface area contributed by atoms with Crippen LogP contribution in [0.1, 0.15) is 4.88 Å². The maximum atomic E-state index is 3.59. The van der Waals surface area contributed by atoms with Crippen LogP contribution in [-0.2, 0) is 98.1 Å². The number of thiazole rings is 1. The molecule has 0 aliphatic rings. The molecule has 0 fully saturated rings. The Morgan fingerprint density at radius 2 is 1.89 bits per heavy atom. The van der Waals surface area contributed by atoms with Crippen LogP contribution in [0, 0.1) is 18.6 Å². The molecule has 0 amide bonds. The van der Waals surface area contributed by atoms with E-state index in [4.69, 9.17) is 0 Å². The van der Waals surface area contributed by atoms with Gasteiger partial charge in [0.15, 0.2) is 0 Å². The van der Waals surface area contributed by atoms with E-state index in [1.54, 1.807) is 0 Å². The van der Waals surface area contributed by atoms with E-state index < -0.39 is 0 Å². The number of nitrogens with zero attached hydrogens (tertiary/aromatic N) is 1. The van der Waals surface area contributed by atoms with E-state index in [1.807, 2.05) is 6.92 Å². The van der Waals surface area contributed by atoms with E-state index in [-0.39, 0.29) is 98.1 Å². The first kappa shape index (κ1) is 17.9. The molecule has 1 nitrogen and oxygen atoms in total. The molecule has 0 aliphatic carbocycles. The van der Waals surface area contributed by atoms with E-state index in [0.29, 0.717) is 0 Å². The Kier molecular flexibility index (Phi) is 21.7. The number of aryl methyl sites for hydroxylation is 1. The summed E-state index contributed by atoms with van der Waals surface area (Å²) in [5.41, 5.74) is 2.67. The van der Waals surface area contributed by atoms with Gasteiger partial charge in [0.05, 0.1) is 0 Å². The third-order valence-electron chi connectivity index (χ3n) is 0.458. The molecule has 1 aromatic rings. The fourth-order valence-electron chi connectivity index (χ4n) is 0.216. The maximum Gasteiger partial charge on any atom is 0 e. The van der Waals surface area contributed by atoms with Crippen LogP contribution in [0.5, 0.6) is 0 Å². The molecule has 41 valence electrons. The van der Waals surface area contributed by atoms with Gasteiger partial charge in [0.25, 0.3) is 0 Å². The molecule has 0 saturated heterocycles. The number of hydrogen-bond acceptors (Lipinski definition) is 2. The fraction of sp³-hybridized carbons (Fsp3) is 0.250. The Bertz CT molecular complexity index is 119. The van der Waals surface area contributed by atoms with Crippen molar-refractivity contribution in [3.63, 3.8) is 0 Å². The van der Waals surface area contributed by atoms with E-state index in [1.165, 1.54) is 11.3 Å². The van der Waals surface area contributed by atoms with Gasteiger partial charge < -0.3 is 28.0 Å². The van der Waals surface area contributed by atoms with Crippen molar-refractivity contribution < 1.29 is 98.1 Å². The van der Waals surface area contributed by atoms with Gasteiger partial charge in [-0.05, 0) is 0 Å². The van der Waals surface area contributed by atoms with Crippen molar-refractivity contribution in [1.29, 1.82) is 0 Å². The quantitative estimate of drug-likeness (QED) is 0.628. The van der Waals surface area contributed by atoms with Gasteiger partial charge in [0, 0.05) is 98.1 Å². The third-order valence-corrected chi connectivity index (χ3v) is 1.04. The molecule has 9 heavy (non-hydrogen) atoms. The average molecular weight is 364 g/mol. The van der Waals surface area contributed by atoms with Crippen LogP contribution in [0.2, 0.25) is 0 Å². The molecule has 0 atom stereocenters. The van der Waals surface area contributed by atoms with Crippen molar-refractivity contribution in [3.8, 4) is 0 Å². The molecule has 0 N–H and O–H groups in total. The smallest absolute Gasteiger partial charge is 0 e. The Balaban J connectivity index is -0.000000120. The van der Waals surface area contributed by atoms with Crippen molar-refractivity contribution in [1.82, 2.24) is 4.98 Å². The summed E-state index contributed by atoms with van der Waals surface area (Å²) in [4.78, 5) is 4.68. The van der Waals surface area contributed by atoms with Crippen LogP contribution in [-0.4, -0.2) is 4.98 Å². The van der Waals surface area contributed by atoms with Gasteiger partial charge in [0.2, 0.25) is 0 Å². The zero-order chi connectivity index (χ0) is 4.41. The monoisotopic (exact) mass is 364 g/mol. The summed E-state index contributed by atoms with van der Waals surface area (Å²) in [5, 5.41) is 0. The van der Waals surface area contributed by atoms with Gasteiger partial charge in [0.1, 0.15) is 0 Å². The molecular formula is C4H3NSY3-2. The van der Waals surface area contributed by atoms with Crippen molar-refractivity contribution in [2.24, 2.45) is 0 Å². The summed E-state index contributed by atoms with van der Waals surface area (Å²) in [6.07, 6.45) is 2.71. The summed E-state index contributed by atoms with van der Waals surface area (Å²) < 4.78 is 0.